The van der Waals surface area contributed by atoms with E-state index < -0.39 is 0 Å². The van der Waals surface area contributed by atoms with Crippen molar-refractivity contribution in [2.24, 2.45) is 0 Å². The summed E-state index contributed by atoms with van der Waals surface area (Å²) in [6.45, 7) is 4.28. The maximum Gasteiger partial charge on any atom is 0.106 e. The first-order chi connectivity index (χ1) is 9.93. The smallest absolute Gasteiger partial charge is 0.106 e. The van der Waals surface area contributed by atoms with E-state index in [2.05, 4.69) is 37.3 Å². The van der Waals surface area contributed by atoms with Gasteiger partial charge in [-0.2, -0.15) is 0 Å². The first-order valence-corrected chi connectivity index (χ1v) is 8.26. The third kappa shape index (κ3) is 12.0. The van der Waals surface area contributed by atoms with E-state index >= 15 is 0 Å². The lowest BCUT2D eigenvalue weighted by atomic mass is 10.0. The second kappa shape index (κ2) is 15.9. The van der Waals surface area contributed by atoms with E-state index in [-0.39, 0.29) is 0 Å². The fourth-order valence-electron chi connectivity index (χ4n) is 2.46. The van der Waals surface area contributed by atoms with Crippen molar-refractivity contribution in [3.8, 4) is 0 Å². The summed E-state index contributed by atoms with van der Waals surface area (Å²) in [5.74, 6) is 0. The molecule has 0 aliphatic heterocycles. The molecule has 0 amide bonds. The van der Waals surface area contributed by atoms with Gasteiger partial charge in [0.1, 0.15) is 6.79 Å². The van der Waals surface area contributed by atoms with Gasteiger partial charge in [-0.1, -0.05) is 95.0 Å². The largest absolute Gasteiger partial charge is 0.307 e. The zero-order valence-corrected chi connectivity index (χ0v) is 13.3. The molecule has 0 atom stereocenters. The van der Waals surface area contributed by atoms with Crippen molar-refractivity contribution in [3.63, 3.8) is 0 Å². The Morgan fingerprint density at radius 1 is 0.700 bits per heavy atom. The van der Waals surface area contributed by atoms with Crippen LogP contribution in [0.3, 0.4) is 0 Å². The number of carbonyl (C=O) groups excluding carboxylic acids is 1. The molecule has 114 valence electrons. The number of benzene rings is 1. The van der Waals surface area contributed by atoms with Crippen molar-refractivity contribution in [2.45, 2.75) is 77.6 Å². The van der Waals surface area contributed by atoms with Crippen molar-refractivity contribution >= 4 is 6.79 Å². The molecule has 1 aromatic carbocycles. The third-order valence-corrected chi connectivity index (χ3v) is 3.66. The Labute approximate surface area is 125 Å². The summed E-state index contributed by atoms with van der Waals surface area (Å²) in [5.41, 5.74) is 1.50. The second-order valence-electron chi connectivity index (χ2n) is 5.42. The summed E-state index contributed by atoms with van der Waals surface area (Å²) < 4.78 is 0. The molecule has 0 saturated heterocycles. The lowest BCUT2D eigenvalue weighted by Gasteiger charge is -2.03. The molecular weight excluding hydrogens is 244 g/mol. The molecule has 0 fully saturated rings. The van der Waals surface area contributed by atoms with Gasteiger partial charge in [-0.25, -0.2) is 0 Å². The minimum Gasteiger partial charge on any atom is -0.307 e. The fraction of sp³-hybridized carbons (Fsp3) is 0.632. The molecule has 1 rings (SSSR count). The Morgan fingerprint density at radius 3 is 1.65 bits per heavy atom. The highest BCUT2D eigenvalue weighted by atomic mass is 16.1. The zero-order valence-electron chi connectivity index (χ0n) is 13.3. The summed E-state index contributed by atoms with van der Waals surface area (Å²) in [6.07, 6.45) is 15.5. The van der Waals surface area contributed by atoms with Crippen molar-refractivity contribution < 1.29 is 4.79 Å². The van der Waals surface area contributed by atoms with Crippen LogP contribution in [0.4, 0.5) is 0 Å². The highest BCUT2D eigenvalue weighted by Gasteiger charge is 1.94. The monoisotopic (exact) mass is 276 g/mol. The Morgan fingerprint density at radius 2 is 1.15 bits per heavy atom. The van der Waals surface area contributed by atoms with E-state index in [1.165, 1.54) is 76.2 Å². The highest BCUT2D eigenvalue weighted by molar-refractivity contribution is 5.14. The van der Waals surface area contributed by atoms with E-state index in [4.69, 9.17) is 4.79 Å². The summed E-state index contributed by atoms with van der Waals surface area (Å²) >= 11 is 0. The predicted octanol–water partition coefficient (Wildman–Crippen LogP) is 5.97. The molecule has 0 radical (unpaired) electrons. The topological polar surface area (TPSA) is 17.1 Å². The maximum atomic E-state index is 8.00. The lowest BCUT2D eigenvalue weighted by Crippen LogP contribution is -1.86. The third-order valence-electron chi connectivity index (χ3n) is 3.66. The average Bonchev–Trinajstić information content (AvgIpc) is 2.52. The van der Waals surface area contributed by atoms with Gasteiger partial charge in [-0.3, -0.25) is 0 Å². The van der Waals surface area contributed by atoms with Gasteiger partial charge >= 0.3 is 0 Å². The van der Waals surface area contributed by atoms with Gasteiger partial charge in [0.15, 0.2) is 0 Å². The minimum absolute atomic E-state index is 1.26. The molecule has 0 unspecified atom stereocenters. The van der Waals surface area contributed by atoms with E-state index in [0.717, 1.165) is 0 Å². The van der Waals surface area contributed by atoms with Gasteiger partial charge in [-0.05, 0) is 18.4 Å². The van der Waals surface area contributed by atoms with Crippen LogP contribution in [0.5, 0.6) is 0 Å². The molecule has 20 heavy (non-hydrogen) atoms. The number of carbonyl (C=O) groups is 1. The van der Waals surface area contributed by atoms with Crippen LogP contribution >= 0.6 is 0 Å². The zero-order chi connectivity index (χ0) is 14.9. The van der Waals surface area contributed by atoms with Crippen molar-refractivity contribution in [1.82, 2.24) is 0 Å². The van der Waals surface area contributed by atoms with Crippen LogP contribution in [-0.2, 0) is 11.2 Å². The van der Waals surface area contributed by atoms with Gasteiger partial charge < -0.3 is 4.79 Å². The summed E-state index contributed by atoms with van der Waals surface area (Å²) in [7, 11) is 0. The molecule has 0 bridgehead atoms. The Kier molecular flexibility index (Phi) is 15.1. The summed E-state index contributed by atoms with van der Waals surface area (Å²) in [4.78, 5) is 8.00. The molecule has 0 aliphatic rings. The predicted molar refractivity (Wildman–Crippen MR) is 89.1 cm³/mol. The Bertz CT molecular complexity index is 281. The van der Waals surface area contributed by atoms with Crippen LogP contribution in [0.15, 0.2) is 30.3 Å². The number of aryl methyl sites for hydroxylation is 1. The van der Waals surface area contributed by atoms with Crippen molar-refractivity contribution in [3.05, 3.63) is 35.9 Å². The molecule has 0 aromatic heterocycles. The van der Waals surface area contributed by atoms with Crippen LogP contribution in [0, 0.1) is 0 Å². The van der Waals surface area contributed by atoms with Crippen LogP contribution in [0.2, 0.25) is 0 Å². The van der Waals surface area contributed by atoms with Crippen LogP contribution in [0.25, 0.3) is 0 Å². The summed E-state index contributed by atoms with van der Waals surface area (Å²) in [6, 6.07) is 10.9. The number of rotatable bonds is 11. The molecule has 0 heterocycles. The molecule has 0 saturated carbocycles. The Balaban J connectivity index is 0.00000172. The van der Waals surface area contributed by atoms with Crippen molar-refractivity contribution in [2.75, 3.05) is 0 Å². The minimum atomic E-state index is 1.26. The highest BCUT2D eigenvalue weighted by Crippen LogP contribution is 2.12. The normalized spacial score (nSPS) is 9.85. The second-order valence-corrected chi connectivity index (χ2v) is 5.42. The molecule has 1 heteroatoms. The first-order valence-electron chi connectivity index (χ1n) is 8.26. The van der Waals surface area contributed by atoms with Gasteiger partial charge in [0.2, 0.25) is 0 Å². The quantitative estimate of drug-likeness (QED) is 0.455. The number of unbranched alkanes of at least 4 members (excludes halogenated alkanes) is 9. The standard InChI is InChI=1S/C18H30.CH2O/c1-2-3-4-5-6-7-8-9-10-12-15-18-16-13-11-14-17-18;1-2/h11,13-14,16-17H,2-10,12,15H2,1H3;1H2. The molecule has 1 aromatic rings. The van der Waals surface area contributed by atoms with Crippen molar-refractivity contribution in [1.29, 1.82) is 0 Å². The number of hydrogen-bond acceptors (Lipinski definition) is 1. The van der Waals surface area contributed by atoms with Gasteiger partial charge in [0, 0.05) is 0 Å². The van der Waals surface area contributed by atoms with Gasteiger partial charge in [-0.15, -0.1) is 0 Å². The fourth-order valence-corrected chi connectivity index (χ4v) is 2.46. The maximum absolute atomic E-state index is 8.00. The van der Waals surface area contributed by atoms with E-state index in [9.17, 15) is 0 Å². The number of hydrogen-bond donors (Lipinski definition) is 0. The van der Waals surface area contributed by atoms with Crippen LogP contribution in [0.1, 0.15) is 76.7 Å². The van der Waals surface area contributed by atoms with E-state index in [1.54, 1.807) is 0 Å². The first kappa shape index (κ1) is 18.9. The van der Waals surface area contributed by atoms with E-state index in [1.807, 2.05) is 6.79 Å². The summed E-state index contributed by atoms with van der Waals surface area (Å²) in [5, 5.41) is 0. The lowest BCUT2D eigenvalue weighted by molar-refractivity contribution is -0.0979. The van der Waals surface area contributed by atoms with E-state index in [0.29, 0.717) is 0 Å². The SMILES string of the molecule is C=O.CCCCCCCCCCCCc1ccccc1. The molecule has 1 nitrogen and oxygen atoms in total. The van der Waals surface area contributed by atoms with Crippen LogP contribution < -0.4 is 0 Å². The Hall–Kier alpha value is -1.11. The molecule has 0 N–H and O–H groups in total. The molecule has 0 aliphatic carbocycles. The molecular formula is C19H32O. The average molecular weight is 276 g/mol. The molecule has 0 spiro atoms. The van der Waals surface area contributed by atoms with Crippen LogP contribution in [-0.4, -0.2) is 6.79 Å². The van der Waals surface area contributed by atoms with Gasteiger partial charge in [0.05, 0.1) is 0 Å². The van der Waals surface area contributed by atoms with Gasteiger partial charge in [0.25, 0.3) is 0 Å².